The van der Waals surface area contributed by atoms with Gasteiger partial charge in [-0.2, -0.15) is 0 Å². The zero-order valence-corrected chi connectivity index (χ0v) is 12.1. The third kappa shape index (κ3) is 5.46. The summed E-state index contributed by atoms with van der Waals surface area (Å²) in [6.07, 6.45) is 2.29. The molecule has 2 N–H and O–H groups in total. The Balaban J connectivity index is 2.40. The van der Waals surface area contributed by atoms with Crippen molar-refractivity contribution in [3.05, 3.63) is 22.7 Å². The minimum atomic E-state index is -0.227. The number of halogens is 1. The highest BCUT2D eigenvalue weighted by Gasteiger charge is 2.04. The number of hydrogen-bond donors (Lipinski definition) is 1. The molecule has 0 atom stereocenters. The summed E-state index contributed by atoms with van der Waals surface area (Å²) < 4.78 is 6.32. The van der Waals surface area contributed by atoms with Crippen molar-refractivity contribution in [1.82, 2.24) is 0 Å². The number of rotatable bonds is 7. The number of carbonyl (C=O) groups excluding carboxylic acids is 1. The number of benzene rings is 1. The number of ether oxygens (including phenoxy) is 1. The van der Waals surface area contributed by atoms with Gasteiger partial charge in [-0.1, -0.05) is 15.9 Å². The Labute approximate surface area is 114 Å². The number of hydrogen-bond acceptors (Lipinski definition) is 3. The summed E-state index contributed by atoms with van der Waals surface area (Å²) in [4.78, 5) is 11.7. The van der Waals surface area contributed by atoms with Crippen LogP contribution in [0.1, 0.15) is 19.3 Å². The first kappa shape index (κ1) is 14.4. The second-order valence-electron chi connectivity index (χ2n) is 3.57. The molecule has 0 radical (unpaired) electrons. The quantitative estimate of drug-likeness (QED) is 0.620. The highest BCUT2D eigenvalue weighted by Crippen LogP contribution is 2.32. The lowest BCUT2D eigenvalue weighted by molar-refractivity contribution is -0.118. The molecular formula is C12H16BrNO2S. The van der Waals surface area contributed by atoms with Crippen LogP contribution >= 0.6 is 27.7 Å². The van der Waals surface area contributed by atoms with Gasteiger partial charge in [0.1, 0.15) is 5.75 Å². The van der Waals surface area contributed by atoms with Crippen molar-refractivity contribution >= 4 is 33.6 Å². The molecular weight excluding hydrogens is 302 g/mol. The molecule has 0 aliphatic carbocycles. The number of amides is 1. The maximum Gasteiger partial charge on any atom is 0.217 e. The molecule has 1 amide bonds. The molecule has 0 aliphatic heterocycles. The van der Waals surface area contributed by atoms with Gasteiger partial charge in [0, 0.05) is 10.9 Å². The maximum atomic E-state index is 10.6. The van der Waals surface area contributed by atoms with E-state index in [2.05, 4.69) is 15.9 Å². The summed E-state index contributed by atoms with van der Waals surface area (Å²) in [7, 11) is 1.67. The van der Waals surface area contributed by atoms with E-state index in [4.69, 9.17) is 10.5 Å². The van der Waals surface area contributed by atoms with E-state index >= 15 is 0 Å². The van der Waals surface area contributed by atoms with Crippen molar-refractivity contribution < 1.29 is 9.53 Å². The first-order valence-corrected chi connectivity index (χ1v) is 7.16. The summed E-state index contributed by atoms with van der Waals surface area (Å²) in [6.45, 7) is 0. The van der Waals surface area contributed by atoms with Gasteiger partial charge in [0.25, 0.3) is 0 Å². The minimum absolute atomic E-state index is 0.227. The first-order chi connectivity index (χ1) is 8.13. The van der Waals surface area contributed by atoms with E-state index in [-0.39, 0.29) is 5.91 Å². The average Bonchev–Trinajstić information content (AvgIpc) is 2.28. The predicted molar refractivity (Wildman–Crippen MR) is 74.5 cm³/mol. The van der Waals surface area contributed by atoms with Crippen molar-refractivity contribution in [3.8, 4) is 5.75 Å². The fourth-order valence-corrected chi connectivity index (χ4v) is 2.93. The number of unbranched alkanes of at least 4 members (excludes halogenated alkanes) is 1. The lowest BCUT2D eigenvalue weighted by Crippen LogP contribution is -2.09. The van der Waals surface area contributed by atoms with Gasteiger partial charge in [-0.25, -0.2) is 0 Å². The van der Waals surface area contributed by atoms with Gasteiger partial charge in [-0.3, -0.25) is 4.79 Å². The minimum Gasteiger partial charge on any atom is -0.496 e. The summed E-state index contributed by atoms with van der Waals surface area (Å²) in [5.41, 5.74) is 5.08. The molecule has 1 aromatic carbocycles. The summed E-state index contributed by atoms with van der Waals surface area (Å²) in [6, 6.07) is 5.93. The Kier molecular flexibility index (Phi) is 6.44. The molecule has 5 heteroatoms. The van der Waals surface area contributed by atoms with Gasteiger partial charge in [0.2, 0.25) is 5.91 Å². The second kappa shape index (κ2) is 7.61. The average molecular weight is 318 g/mol. The molecule has 0 saturated carbocycles. The zero-order valence-electron chi connectivity index (χ0n) is 9.74. The van der Waals surface area contributed by atoms with Crippen molar-refractivity contribution in [3.63, 3.8) is 0 Å². The van der Waals surface area contributed by atoms with Crippen molar-refractivity contribution in [2.24, 2.45) is 5.73 Å². The van der Waals surface area contributed by atoms with Crippen LogP contribution in [0.2, 0.25) is 0 Å². The molecule has 0 fully saturated rings. The molecule has 0 saturated heterocycles. The molecule has 1 rings (SSSR count). The van der Waals surface area contributed by atoms with Crippen LogP contribution in [0, 0.1) is 0 Å². The van der Waals surface area contributed by atoms with E-state index in [1.165, 1.54) is 0 Å². The SMILES string of the molecule is COc1ccc(Br)cc1SCCCCC(N)=O. The summed E-state index contributed by atoms with van der Waals surface area (Å²) in [5, 5.41) is 0. The normalized spacial score (nSPS) is 10.2. The largest absolute Gasteiger partial charge is 0.496 e. The molecule has 94 valence electrons. The van der Waals surface area contributed by atoms with E-state index in [1.807, 2.05) is 18.2 Å². The predicted octanol–water partition coefficient (Wildman–Crippen LogP) is 3.21. The van der Waals surface area contributed by atoms with Crippen molar-refractivity contribution in [2.75, 3.05) is 12.9 Å². The fraction of sp³-hybridized carbons (Fsp3) is 0.417. The van der Waals surface area contributed by atoms with Crippen molar-refractivity contribution in [2.45, 2.75) is 24.2 Å². The summed E-state index contributed by atoms with van der Waals surface area (Å²) in [5.74, 6) is 1.61. The van der Waals surface area contributed by atoms with Gasteiger partial charge in [0.15, 0.2) is 0 Å². The third-order valence-electron chi connectivity index (χ3n) is 2.20. The zero-order chi connectivity index (χ0) is 12.7. The number of thioether (sulfide) groups is 1. The molecule has 0 aromatic heterocycles. The van der Waals surface area contributed by atoms with Gasteiger partial charge in [-0.05, 0) is 36.8 Å². The Hall–Kier alpha value is -0.680. The van der Waals surface area contributed by atoms with Crippen LogP contribution in [0.25, 0.3) is 0 Å². The van der Waals surface area contributed by atoms with Crippen LogP contribution < -0.4 is 10.5 Å². The second-order valence-corrected chi connectivity index (χ2v) is 5.62. The van der Waals surface area contributed by atoms with E-state index in [0.717, 1.165) is 33.7 Å². The molecule has 1 aromatic rings. The third-order valence-corrected chi connectivity index (χ3v) is 3.82. The number of carbonyl (C=O) groups is 1. The van der Waals surface area contributed by atoms with Gasteiger partial charge in [0.05, 0.1) is 12.0 Å². The lowest BCUT2D eigenvalue weighted by atomic mass is 10.2. The van der Waals surface area contributed by atoms with Gasteiger partial charge >= 0.3 is 0 Å². The van der Waals surface area contributed by atoms with Gasteiger partial charge in [-0.15, -0.1) is 11.8 Å². The Morgan fingerprint density at radius 1 is 1.47 bits per heavy atom. The molecule has 0 aliphatic rings. The smallest absolute Gasteiger partial charge is 0.217 e. The topological polar surface area (TPSA) is 52.3 Å². The number of nitrogens with two attached hydrogens (primary N) is 1. The maximum absolute atomic E-state index is 10.6. The monoisotopic (exact) mass is 317 g/mol. The molecule has 3 nitrogen and oxygen atoms in total. The summed E-state index contributed by atoms with van der Waals surface area (Å²) >= 11 is 5.17. The molecule has 0 heterocycles. The molecule has 0 spiro atoms. The Bertz CT molecular complexity index is 385. The van der Waals surface area contributed by atoms with Crippen molar-refractivity contribution in [1.29, 1.82) is 0 Å². The lowest BCUT2D eigenvalue weighted by Gasteiger charge is -2.08. The highest BCUT2D eigenvalue weighted by molar-refractivity contribution is 9.10. The van der Waals surface area contributed by atoms with Crippen LogP contribution in [0.3, 0.4) is 0 Å². The van der Waals surface area contributed by atoms with Crippen LogP contribution in [0.15, 0.2) is 27.6 Å². The van der Waals surface area contributed by atoms with E-state index < -0.39 is 0 Å². The van der Waals surface area contributed by atoms with E-state index in [9.17, 15) is 4.79 Å². The molecule has 17 heavy (non-hydrogen) atoms. The first-order valence-electron chi connectivity index (χ1n) is 5.38. The van der Waals surface area contributed by atoms with Crippen LogP contribution in [0.4, 0.5) is 0 Å². The van der Waals surface area contributed by atoms with E-state index in [1.54, 1.807) is 18.9 Å². The van der Waals surface area contributed by atoms with Crippen LogP contribution in [-0.2, 0) is 4.79 Å². The standard InChI is InChI=1S/C12H16BrNO2S/c1-16-10-6-5-9(13)8-11(10)17-7-3-2-4-12(14)15/h5-6,8H,2-4,7H2,1H3,(H2,14,15). The molecule has 0 bridgehead atoms. The van der Waals surface area contributed by atoms with Crippen LogP contribution in [0.5, 0.6) is 5.75 Å². The number of primary amides is 1. The van der Waals surface area contributed by atoms with Crippen LogP contribution in [-0.4, -0.2) is 18.8 Å². The highest BCUT2D eigenvalue weighted by atomic mass is 79.9. The molecule has 0 unspecified atom stereocenters. The number of methoxy groups -OCH3 is 1. The Morgan fingerprint density at radius 2 is 2.24 bits per heavy atom. The van der Waals surface area contributed by atoms with Gasteiger partial charge < -0.3 is 10.5 Å². The van der Waals surface area contributed by atoms with E-state index in [0.29, 0.717) is 6.42 Å². The fourth-order valence-electron chi connectivity index (χ4n) is 1.35. The Morgan fingerprint density at radius 3 is 2.88 bits per heavy atom.